The third-order valence-corrected chi connectivity index (χ3v) is 4.81. The molecule has 0 amide bonds. The molecule has 19 heavy (non-hydrogen) atoms. The normalized spacial score (nSPS) is 19.6. The van der Waals surface area contributed by atoms with Crippen LogP contribution in [0.25, 0.3) is 0 Å². The summed E-state index contributed by atoms with van der Waals surface area (Å²) in [5, 5.41) is 0. The van der Waals surface area contributed by atoms with Gasteiger partial charge in [0.1, 0.15) is 5.82 Å². The number of likely N-dealkylation sites (tertiary alicyclic amines) is 1. The third kappa shape index (κ3) is 3.77. The number of hydrogen-bond donors (Lipinski definition) is 1. The predicted octanol–water partition coefficient (Wildman–Crippen LogP) is 3.71. The van der Waals surface area contributed by atoms with E-state index in [4.69, 9.17) is 5.73 Å². The molecule has 2 nitrogen and oxygen atoms in total. The number of nitrogens with zero attached hydrogens (tertiary/aromatic N) is 1. The molecule has 2 N–H and O–H groups in total. The maximum absolute atomic E-state index is 13.3. The Balaban J connectivity index is 1.97. The zero-order chi connectivity index (χ0) is 13.8. The molecule has 1 aromatic carbocycles. The summed E-state index contributed by atoms with van der Waals surface area (Å²) < 4.78 is 13.8. The van der Waals surface area contributed by atoms with Crippen molar-refractivity contribution in [2.24, 2.45) is 11.7 Å². The number of nitrogens with two attached hydrogens (primary N) is 1. The monoisotopic (exact) mass is 328 g/mol. The van der Waals surface area contributed by atoms with Gasteiger partial charge in [0.05, 0.1) is 4.47 Å². The van der Waals surface area contributed by atoms with E-state index < -0.39 is 0 Å². The molecule has 1 heterocycles. The highest BCUT2D eigenvalue weighted by atomic mass is 79.9. The second-order valence-corrected chi connectivity index (χ2v) is 6.26. The minimum atomic E-state index is -0.197. The van der Waals surface area contributed by atoms with Crippen LogP contribution in [0.1, 0.15) is 37.8 Å². The van der Waals surface area contributed by atoms with Crippen LogP contribution in [-0.2, 0) is 0 Å². The van der Waals surface area contributed by atoms with Crippen molar-refractivity contribution in [1.29, 1.82) is 0 Å². The minimum Gasteiger partial charge on any atom is -0.330 e. The predicted molar refractivity (Wildman–Crippen MR) is 80.5 cm³/mol. The largest absolute Gasteiger partial charge is 0.330 e. The number of hydrogen-bond acceptors (Lipinski definition) is 2. The Morgan fingerprint density at radius 3 is 2.68 bits per heavy atom. The van der Waals surface area contributed by atoms with Gasteiger partial charge in [-0.05, 0) is 85.4 Å². The van der Waals surface area contributed by atoms with Gasteiger partial charge >= 0.3 is 0 Å². The Morgan fingerprint density at radius 1 is 1.42 bits per heavy atom. The maximum atomic E-state index is 13.3. The van der Waals surface area contributed by atoms with Gasteiger partial charge in [0, 0.05) is 6.04 Å². The molecule has 1 fully saturated rings. The molecule has 1 unspecified atom stereocenters. The highest BCUT2D eigenvalue weighted by molar-refractivity contribution is 9.10. The van der Waals surface area contributed by atoms with Gasteiger partial charge in [-0.2, -0.15) is 0 Å². The standard InChI is InChI=1S/C15H22BrFN2/c1-11(13-2-3-15(17)14(16)10-13)19-8-5-12(4-7-18)6-9-19/h2-3,10-12H,4-9,18H2,1H3. The molecule has 2 rings (SSSR count). The van der Waals surface area contributed by atoms with Crippen molar-refractivity contribution in [2.45, 2.75) is 32.2 Å². The molecule has 1 aromatic rings. The van der Waals surface area contributed by atoms with Crippen molar-refractivity contribution in [3.63, 3.8) is 0 Å². The fourth-order valence-corrected chi connectivity index (χ4v) is 3.24. The molecular weight excluding hydrogens is 307 g/mol. The van der Waals surface area contributed by atoms with Crippen LogP contribution in [0.3, 0.4) is 0 Å². The molecule has 1 aliphatic rings. The summed E-state index contributed by atoms with van der Waals surface area (Å²) in [5.74, 6) is 0.589. The van der Waals surface area contributed by atoms with E-state index in [-0.39, 0.29) is 5.82 Å². The van der Waals surface area contributed by atoms with Crippen LogP contribution in [0.4, 0.5) is 4.39 Å². The quantitative estimate of drug-likeness (QED) is 0.912. The Kier molecular flexibility index (Phi) is 5.37. The number of piperidine rings is 1. The van der Waals surface area contributed by atoms with Gasteiger partial charge in [-0.1, -0.05) is 6.07 Å². The average Bonchev–Trinajstić information content (AvgIpc) is 2.42. The van der Waals surface area contributed by atoms with Crippen molar-refractivity contribution in [3.8, 4) is 0 Å². The van der Waals surface area contributed by atoms with E-state index >= 15 is 0 Å². The molecule has 0 saturated carbocycles. The van der Waals surface area contributed by atoms with Gasteiger partial charge in [-0.3, -0.25) is 4.90 Å². The lowest BCUT2D eigenvalue weighted by molar-refractivity contribution is 0.138. The van der Waals surface area contributed by atoms with Crippen molar-refractivity contribution >= 4 is 15.9 Å². The van der Waals surface area contributed by atoms with Crippen molar-refractivity contribution < 1.29 is 4.39 Å². The topological polar surface area (TPSA) is 29.3 Å². The van der Waals surface area contributed by atoms with Crippen LogP contribution in [0, 0.1) is 11.7 Å². The molecule has 1 atom stereocenters. The van der Waals surface area contributed by atoms with Gasteiger partial charge in [0.25, 0.3) is 0 Å². The van der Waals surface area contributed by atoms with E-state index in [1.165, 1.54) is 24.5 Å². The lowest BCUT2D eigenvalue weighted by Gasteiger charge is -2.36. The first-order chi connectivity index (χ1) is 9.11. The summed E-state index contributed by atoms with van der Waals surface area (Å²) in [7, 11) is 0. The Labute approximate surface area is 123 Å². The first kappa shape index (κ1) is 14.9. The van der Waals surface area contributed by atoms with Gasteiger partial charge in [-0.15, -0.1) is 0 Å². The summed E-state index contributed by atoms with van der Waals surface area (Å²) >= 11 is 3.26. The van der Waals surface area contributed by atoms with E-state index in [1.807, 2.05) is 12.1 Å². The van der Waals surface area contributed by atoms with E-state index in [2.05, 4.69) is 27.8 Å². The second kappa shape index (κ2) is 6.82. The van der Waals surface area contributed by atoms with Crippen LogP contribution in [-0.4, -0.2) is 24.5 Å². The van der Waals surface area contributed by atoms with Gasteiger partial charge in [0.2, 0.25) is 0 Å². The molecule has 4 heteroatoms. The van der Waals surface area contributed by atoms with Crippen LogP contribution in [0.15, 0.2) is 22.7 Å². The molecular formula is C15H22BrFN2. The van der Waals surface area contributed by atoms with E-state index in [9.17, 15) is 4.39 Å². The van der Waals surface area contributed by atoms with Gasteiger partial charge in [-0.25, -0.2) is 4.39 Å². The van der Waals surface area contributed by atoms with Crippen molar-refractivity contribution in [3.05, 3.63) is 34.1 Å². The third-order valence-electron chi connectivity index (χ3n) is 4.20. The van der Waals surface area contributed by atoms with E-state index in [0.717, 1.165) is 32.0 Å². The Hall–Kier alpha value is -0.450. The summed E-state index contributed by atoms with van der Waals surface area (Å²) in [6, 6.07) is 5.66. The van der Waals surface area contributed by atoms with Gasteiger partial charge < -0.3 is 5.73 Å². The molecule has 0 bridgehead atoms. The minimum absolute atomic E-state index is 0.197. The molecule has 0 aliphatic carbocycles. The van der Waals surface area contributed by atoms with Crippen LogP contribution in [0.5, 0.6) is 0 Å². The average molecular weight is 329 g/mol. The fraction of sp³-hybridized carbons (Fsp3) is 0.600. The lowest BCUT2D eigenvalue weighted by Crippen LogP contribution is -2.36. The van der Waals surface area contributed by atoms with Gasteiger partial charge in [0.15, 0.2) is 0 Å². The first-order valence-corrected chi connectivity index (χ1v) is 7.80. The zero-order valence-corrected chi connectivity index (χ0v) is 13.0. The molecule has 0 radical (unpaired) electrons. The summed E-state index contributed by atoms with van der Waals surface area (Å²) in [5.41, 5.74) is 6.79. The molecule has 0 spiro atoms. The number of halogens is 2. The SMILES string of the molecule is CC(c1ccc(F)c(Br)c1)N1CCC(CCN)CC1. The fourth-order valence-electron chi connectivity index (χ4n) is 2.85. The summed E-state index contributed by atoms with van der Waals surface area (Å²) in [6.07, 6.45) is 3.60. The van der Waals surface area contributed by atoms with Crippen molar-refractivity contribution in [1.82, 2.24) is 4.90 Å². The van der Waals surface area contributed by atoms with E-state index in [0.29, 0.717) is 10.5 Å². The Bertz CT molecular complexity index is 417. The first-order valence-electron chi connectivity index (χ1n) is 7.01. The molecule has 106 valence electrons. The highest BCUT2D eigenvalue weighted by Crippen LogP contribution is 2.29. The Morgan fingerprint density at radius 2 is 2.11 bits per heavy atom. The summed E-state index contributed by atoms with van der Waals surface area (Å²) in [4.78, 5) is 2.48. The zero-order valence-electron chi connectivity index (χ0n) is 11.4. The van der Waals surface area contributed by atoms with Crippen molar-refractivity contribution in [2.75, 3.05) is 19.6 Å². The van der Waals surface area contributed by atoms with Crippen LogP contribution in [0.2, 0.25) is 0 Å². The molecule has 1 aliphatic heterocycles. The van der Waals surface area contributed by atoms with Crippen LogP contribution >= 0.6 is 15.9 Å². The number of rotatable bonds is 4. The number of benzene rings is 1. The van der Waals surface area contributed by atoms with Crippen LogP contribution < -0.4 is 5.73 Å². The molecule has 0 aromatic heterocycles. The lowest BCUT2D eigenvalue weighted by atomic mass is 9.92. The smallest absolute Gasteiger partial charge is 0.137 e. The van der Waals surface area contributed by atoms with E-state index in [1.54, 1.807) is 0 Å². The second-order valence-electron chi connectivity index (χ2n) is 5.41. The maximum Gasteiger partial charge on any atom is 0.137 e. The molecule has 1 saturated heterocycles. The highest BCUT2D eigenvalue weighted by Gasteiger charge is 2.23. The summed E-state index contributed by atoms with van der Waals surface area (Å²) in [6.45, 7) is 5.22.